The SMILES string of the molecule is Cc1cc(-c2ccc3c(n2)CCN(CC(=O)O)C3)ccc1OCc1ccccc1. The molecule has 1 aliphatic heterocycles. The molecule has 0 amide bonds. The molecule has 0 saturated carbocycles. The van der Waals surface area contributed by atoms with Gasteiger partial charge in [-0.1, -0.05) is 36.4 Å². The molecule has 0 saturated heterocycles. The fraction of sp³-hybridized carbons (Fsp3) is 0.250. The van der Waals surface area contributed by atoms with Gasteiger partial charge < -0.3 is 9.84 Å². The van der Waals surface area contributed by atoms with E-state index in [4.69, 9.17) is 14.8 Å². The number of pyridine rings is 1. The van der Waals surface area contributed by atoms with Crippen LogP contribution >= 0.6 is 0 Å². The van der Waals surface area contributed by atoms with Crippen LogP contribution in [-0.2, 0) is 24.4 Å². The summed E-state index contributed by atoms with van der Waals surface area (Å²) in [6.07, 6.45) is 0.772. The third-order valence-electron chi connectivity index (χ3n) is 5.19. The van der Waals surface area contributed by atoms with Crippen LogP contribution in [-0.4, -0.2) is 34.0 Å². The summed E-state index contributed by atoms with van der Waals surface area (Å²) >= 11 is 0. The Kier molecular flexibility index (Phi) is 5.58. The van der Waals surface area contributed by atoms with Crippen LogP contribution in [0.3, 0.4) is 0 Å². The Hall–Kier alpha value is -3.18. The summed E-state index contributed by atoms with van der Waals surface area (Å²) in [5.74, 6) is 0.0861. The van der Waals surface area contributed by atoms with Crippen molar-refractivity contribution in [2.45, 2.75) is 26.5 Å². The number of ether oxygens (including phenoxy) is 1. The molecule has 0 radical (unpaired) electrons. The van der Waals surface area contributed by atoms with E-state index < -0.39 is 5.97 Å². The number of carboxylic acids is 1. The number of hydrogen-bond acceptors (Lipinski definition) is 4. The minimum atomic E-state index is -0.789. The highest BCUT2D eigenvalue weighted by Crippen LogP contribution is 2.28. The van der Waals surface area contributed by atoms with Crippen LogP contribution in [0.15, 0.2) is 60.7 Å². The average molecular weight is 388 g/mol. The van der Waals surface area contributed by atoms with Crippen molar-refractivity contribution in [2.24, 2.45) is 0 Å². The average Bonchev–Trinajstić information content (AvgIpc) is 2.73. The van der Waals surface area contributed by atoms with E-state index in [1.807, 2.05) is 48.2 Å². The molecule has 5 nitrogen and oxygen atoms in total. The van der Waals surface area contributed by atoms with Gasteiger partial charge in [-0.3, -0.25) is 14.7 Å². The monoisotopic (exact) mass is 388 g/mol. The molecule has 0 unspecified atom stereocenters. The Labute approximate surface area is 170 Å². The third-order valence-corrected chi connectivity index (χ3v) is 5.19. The molecule has 5 heteroatoms. The molecular formula is C24H24N2O3. The normalized spacial score (nSPS) is 13.7. The number of aromatic nitrogens is 1. The lowest BCUT2D eigenvalue weighted by Crippen LogP contribution is -2.35. The molecule has 2 heterocycles. The highest BCUT2D eigenvalue weighted by atomic mass is 16.5. The van der Waals surface area contributed by atoms with Crippen LogP contribution in [0, 0.1) is 6.92 Å². The molecule has 1 aromatic heterocycles. The second kappa shape index (κ2) is 8.45. The molecule has 0 spiro atoms. The summed E-state index contributed by atoms with van der Waals surface area (Å²) in [5.41, 5.74) is 6.39. The molecule has 1 aliphatic rings. The third kappa shape index (κ3) is 4.63. The lowest BCUT2D eigenvalue weighted by atomic mass is 10.0. The van der Waals surface area contributed by atoms with Crippen LogP contribution in [0.2, 0.25) is 0 Å². The number of aryl methyl sites for hydroxylation is 1. The van der Waals surface area contributed by atoms with Gasteiger partial charge in [0.05, 0.1) is 12.2 Å². The van der Waals surface area contributed by atoms with Crippen LogP contribution in [0.1, 0.15) is 22.4 Å². The van der Waals surface area contributed by atoms with Gasteiger partial charge in [-0.2, -0.15) is 0 Å². The maximum atomic E-state index is 10.9. The lowest BCUT2D eigenvalue weighted by molar-refractivity contribution is -0.138. The van der Waals surface area contributed by atoms with Gasteiger partial charge in [0.1, 0.15) is 12.4 Å². The maximum Gasteiger partial charge on any atom is 0.317 e. The largest absolute Gasteiger partial charge is 0.489 e. The number of nitrogens with zero attached hydrogens (tertiary/aromatic N) is 2. The molecular weight excluding hydrogens is 364 g/mol. The predicted molar refractivity (Wildman–Crippen MR) is 112 cm³/mol. The number of benzene rings is 2. The molecule has 4 rings (SSSR count). The van der Waals surface area contributed by atoms with Crippen molar-refractivity contribution in [3.8, 4) is 17.0 Å². The van der Waals surface area contributed by atoms with E-state index in [2.05, 4.69) is 24.3 Å². The van der Waals surface area contributed by atoms with Crippen molar-refractivity contribution in [2.75, 3.05) is 13.1 Å². The first-order valence-corrected chi connectivity index (χ1v) is 9.79. The molecule has 1 N–H and O–H groups in total. The molecule has 3 aromatic rings. The summed E-state index contributed by atoms with van der Waals surface area (Å²) < 4.78 is 5.97. The standard InChI is InChI=1S/C24H24N2O3/c1-17-13-19(8-10-23(17)29-16-18-5-3-2-4-6-18)21-9-7-20-14-26(15-24(27)28)12-11-22(20)25-21/h2-10,13H,11-12,14-16H2,1H3,(H,27,28). The Balaban J connectivity index is 1.48. The van der Waals surface area contributed by atoms with Gasteiger partial charge >= 0.3 is 5.97 Å². The fourth-order valence-electron chi connectivity index (χ4n) is 3.67. The number of rotatable bonds is 6. The first-order chi connectivity index (χ1) is 14.1. The fourth-order valence-corrected chi connectivity index (χ4v) is 3.67. The number of hydrogen-bond donors (Lipinski definition) is 1. The molecule has 0 bridgehead atoms. The van der Waals surface area contributed by atoms with Gasteiger partial charge in [-0.25, -0.2) is 0 Å². The van der Waals surface area contributed by atoms with Crippen molar-refractivity contribution < 1.29 is 14.6 Å². The second-order valence-corrected chi connectivity index (χ2v) is 7.41. The smallest absolute Gasteiger partial charge is 0.317 e. The van der Waals surface area contributed by atoms with Crippen molar-refractivity contribution in [1.82, 2.24) is 9.88 Å². The lowest BCUT2D eigenvalue weighted by Gasteiger charge is -2.26. The first kappa shape index (κ1) is 19.2. The summed E-state index contributed by atoms with van der Waals surface area (Å²) in [4.78, 5) is 17.7. The number of fused-ring (bicyclic) bond motifs is 1. The van der Waals surface area contributed by atoms with Gasteiger partial charge in [0.25, 0.3) is 0 Å². The zero-order valence-electron chi connectivity index (χ0n) is 16.5. The van der Waals surface area contributed by atoms with E-state index in [-0.39, 0.29) is 6.54 Å². The van der Waals surface area contributed by atoms with Crippen LogP contribution in [0.5, 0.6) is 5.75 Å². The zero-order valence-corrected chi connectivity index (χ0v) is 16.5. The Bertz CT molecular complexity index is 1020. The van der Waals surface area contributed by atoms with Crippen molar-refractivity contribution >= 4 is 5.97 Å². The van der Waals surface area contributed by atoms with E-state index >= 15 is 0 Å². The van der Waals surface area contributed by atoms with Crippen molar-refractivity contribution in [1.29, 1.82) is 0 Å². The molecule has 0 aliphatic carbocycles. The van der Waals surface area contributed by atoms with Gasteiger partial charge in [0.2, 0.25) is 0 Å². The quantitative estimate of drug-likeness (QED) is 0.689. The van der Waals surface area contributed by atoms with Crippen LogP contribution < -0.4 is 4.74 Å². The number of aliphatic carboxylic acids is 1. The highest BCUT2D eigenvalue weighted by Gasteiger charge is 2.19. The van der Waals surface area contributed by atoms with Crippen molar-refractivity contribution in [3.63, 3.8) is 0 Å². The zero-order chi connectivity index (χ0) is 20.2. The minimum absolute atomic E-state index is 0.0742. The Morgan fingerprint density at radius 1 is 1.14 bits per heavy atom. The summed E-state index contributed by atoms with van der Waals surface area (Å²) in [6, 6.07) is 20.4. The Morgan fingerprint density at radius 3 is 2.72 bits per heavy atom. The van der Waals surface area contributed by atoms with E-state index in [0.717, 1.165) is 52.4 Å². The molecule has 148 valence electrons. The molecule has 0 atom stereocenters. The van der Waals surface area contributed by atoms with Crippen LogP contribution in [0.25, 0.3) is 11.3 Å². The topological polar surface area (TPSA) is 62.7 Å². The molecule has 0 fully saturated rings. The van der Waals surface area contributed by atoms with Gasteiger partial charge in [0, 0.05) is 30.8 Å². The number of carboxylic acid groups (broad SMARTS) is 1. The van der Waals surface area contributed by atoms with E-state index in [9.17, 15) is 4.79 Å². The van der Waals surface area contributed by atoms with Gasteiger partial charge in [-0.15, -0.1) is 0 Å². The van der Waals surface area contributed by atoms with E-state index in [1.54, 1.807) is 0 Å². The maximum absolute atomic E-state index is 10.9. The van der Waals surface area contributed by atoms with Gasteiger partial charge in [0.15, 0.2) is 0 Å². The summed E-state index contributed by atoms with van der Waals surface area (Å²) in [6.45, 7) is 4.03. The van der Waals surface area contributed by atoms with E-state index in [0.29, 0.717) is 13.2 Å². The summed E-state index contributed by atoms with van der Waals surface area (Å²) in [5, 5.41) is 8.99. The summed E-state index contributed by atoms with van der Waals surface area (Å²) in [7, 11) is 0. The first-order valence-electron chi connectivity index (χ1n) is 9.79. The minimum Gasteiger partial charge on any atom is -0.489 e. The van der Waals surface area contributed by atoms with Crippen LogP contribution in [0.4, 0.5) is 0 Å². The van der Waals surface area contributed by atoms with Gasteiger partial charge in [-0.05, 0) is 47.9 Å². The Morgan fingerprint density at radius 2 is 1.97 bits per heavy atom. The van der Waals surface area contributed by atoms with E-state index in [1.165, 1.54) is 0 Å². The molecule has 29 heavy (non-hydrogen) atoms. The highest BCUT2D eigenvalue weighted by molar-refractivity contribution is 5.69. The second-order valence-electron chi connectivity index (χ2n) is 7.41. The molecule has 2 aromatic carbocycles. The van der Waals surface area contributed by atoms with Crippen molar-refractivity contribution in [3.05, 3.63) is 83.0 Å². The predicted octanol–water partition coefficient (Wildman–Crippen LogP) is 4.08. The number of carbonyl (C=O) groups is 1.